The first-order valence-electron chi connectivity index (χ1n) is 7.64. The highest BCUT2D eigenvalue weighted by Gasteiger charge is 2.17. The summed E-state index contributed by atoms with van der Waals surface area (Å²) in [5, 5.41) is 13.5. The quantitative estimate of drug-likeness (QED) is 0.654. The van der Waals surface area contributed by atoms with Crippen LogP contribution < -0.4 is 10.1 Å². The number of ether oxygens (including phenoxy) is 1. The van der Waals surface area contributed by atoms with Crippen LogP contribution >= 0.6 is 0 Å². The van der Waals surface area contributed by atoms with Crippen LogP contribution in [0.4, 0.5) is 15.8 Å². The molecule has 0 saturated carbocycles. The van der Waals surface area contributed by atoms with E-state index in [0.717, 1.165) is 23.8 Å². The fourth-order valence-electron chi connectivity index (χ4n) is 2.15. The third-order valence-corrected chi connectivity index (χ3v) is 3.51. The van der Waals surface area contributed by atoms with Crippen molar-refractivity contribution < 1.29 is 18.8 Å². The number of hydrogen-bond donors (Lipinski definition) is 1. The lowest BCUT2D eigenvalue weighted by Crippen LogP contribution is -2.20. The maximum Gasteiger partial charge on any atom is 0.311 e. The first-order chi connectivity index (χ1) is 11.7. The molecular weight excluding hydrogens is 327 g/mol. The van der Waals surface area contributed by atoms with Crippen molar-refractivity contribution in [3.63, 3.8) is 0 Å². The summed E-state index contributed by atoms with van der Waals surface area (Å²) in [7, 11) is 0. The molecule has 25 heavy (non-hydrogen) atoms. The van der Waals surface area contributed by atoms with E-state index in [-0.39, 0.29) is 11.2 Å². The van der Waals surface area contributed by atoms with Gasteiger partial charge in [-0.2, -0.15) is 0 Å². The number of nitro groups is 1. The number of halogens is 1. The lowest BCUT2D eigenvalue weighted by atomic mass is 9.87. The molecule has 132 valence electrons. The molecule has 0 aliphatic carbocycles. The van der Waals surface area contributed by atoms with Crippen LogP contribution in [-0.2, 0) is 10.2 Å². The second-order valence-corrected chi connectivity index (χ2v) is 6.53. The van der Waals surface area contributed by atoms with Gasteiger partial charge in [0.1, 0.15) is 5.82 Å². The lowest BCUT2D eigenvalue weighted by Gasteiger charge is -2.19. The van der Waals surface area contributed by atoms with Gasteiger partial charge in [0.05, 0.1) is 4.92 Å². The fraction of sp³-hybridized carbons (Fsp3) is 0.278. The number of hydrogen-bond acceptors (Lipinski definition) is 4. The van der Waals surface area contributed by atoms with Gasteiger partial charge >= 0.3 is 5.69 Å². The SMILES string of the molecule is CC(C)(C)c1ccc(NC(=O)COc2cc(F)ccc2[N+](=O)[O-])cc1. The van der Waals surface area contributed by atoms with Crippen LogP contribution in [-0.4, -0.2) is 17.4 Å². The van der Waals surface area contributed by atoms with E-state index in [2.05, 4.69) is 26.1 Å². The molecule has 0 heterocycles. The van der Waals surface area contributed by atoms with E-state index in [4.69, 9.17) is 4.74 Å². The van der Waals surface area contributed by atoms with Gasteiger partial charge in [0.2, 0.25) is 5.75 Å². The highest BCUT2D eigenvalue weighted by Crippen LogP contribution is 2.27. The highest BCUT2D eigenvalue weighted by molar-refractivity contribution is 5.91. The van der Waals surface area contributed by atoms with Crippen molar-refractivity contribution in [1.82, 2.24) is 0 Å². The van der Waals surface area contributed by atoms with E-state index >= 15 is 0 Å². The van der Waals surface area contributed by atoms with E-state index in [1.54, 1.807) is 12.1 Å². The zero-order valence-electron chi connectivity index (χ0n) is 14.2. The van der Waals surface area contributed by atoms with E-state index in [1.807, 2.05) is 12.1 Å². The maximum atomic E-state index is 13.2. The number of carbonyl (C=O) groups is 1. The molecule has 0 radical (unpaired) electrons. The second kappa shape index (κ2) is 7.29. The third-order valence-electron chi connectivity index (χ3n) is 3.51. The Kier molecular flexibility index (Phi) is 5.36. The van der Waals surface area contributed by atoms with Gasteiger partial charge in [-0.25, -0.2) is 4.39 Å². The molecule has 7 heteroatoms. The average Bonchev–Trinajstić information content (AvgIpc) is 2.52. The number of anilines is 1. The summed E-state index contributed by atoms with van der Waals surface area (Å²) in [6.45, 7) is 5.78. The van der Waals surface area contributed by atoms with Gasteiger partial charge in [-0.3, -0.25) is 14.9 Å². The third kappa shape index (κ3) is 5.00. The molecule has 0 saturated heterocycles. The van der Waals surface area contributed by atoms with E-state index < -0.39 is 28.9 Å². The Hall–Kier alpha value is -2.96. The molecule has 0 atom stereocenters. The van der Waals surface area contributed by atoms with Crippen LogP contribution in [0.15, 0.2) is 42.5 Å². The molecular formula is C18H19FN2O4. The number of carbonyl (C=O) groups excluding carboxylic acids is 1. The smallest absolute Gasteiger partial charge is 0.311 e. The largest absolute Gasteiger partial charge is 0.477 e. The Morgan fingerprint density at radius 1 is 1.20 bits per heavy atom. The summed E-state index contributed by atoms with van der Waals surface area (Å²) in [6.07, 6.45) is 0. The first kappa shape index (κ1) is 18.4. The maximum absolute atomic E-state index is 13.2. The van der Waals surface area contributed by atoms with Gasteiger partial charge < -0.3 is 10.1 Å². The Labute approximate surface area is 144 Å². The number of nitro benzene ring substituents is 1. The van der Waals surface area contributed by atoms with Crippen molar-refractivity contribution in [3.05, 3.63) is 64.0 Å². The van der Waals surface area contributed by atoms with Crippen molar-refractivity contribution in [2.75, 3.05) is 11.9 Å². The average molecular weight is 346 g/mol. The Morgan fingerprint density at radius 3 is 2.40 bits per heavy atom. The van der Waals surface area contributed by atoms with Gasteiger partial charge in [-0.05, 0) is 29.2 Å². The van der Waals surface area contributed by atoms with E-state index in [9.17, 15) is 19.3 Å². The standard InChI is InChI=1S/C18H19FN2O4/c1-18(2,3)12-4-7-14(8-5-12)20-17(22)11-25-16-10-13(19)6-9-15(16)21(23)24/h4-10H,11H2,1-3H3,(H,20,22). The number of amides is 1. The van der Waals surface area contributed by atoms with Crippen LogP contribution in [0.2, 0.25) is 0 Å². The molecule has 0 aliphatic heterocycles. The molecule has 0 unspecified atom stereocenters. The summed E-state index contributed by atoms with van der Waals surface area (Å²) in [5.74, 6) is -1.47. The molecule has 2 aromatic carbocycles. The second-order valence-electron chi connectivity index (χ2n) is 6.53. The van der Waals surface area contributed by atoms with Crippen molar-refractivity contribution >= 4 is 17.3 Å². The molecule has 0 aliphatic rings. The Morgan fingerprint density at radius 2 is 1.84 bits per heavy atom. The van der Waals surface area contributed by atoms with Crippen LogP contribution in [0.5, 0.6) is 5.75 Å². The van der Waals surface area contributed by atoms with Crippen LogP contribution in [0.1, 0.15) is 26.3 Å². The molecule has 0 bridgehead atoms. The van der Waals surface area contributed by atoms with Gasteiger partial charge in [0.15, 0.2) is 6.61 Å². The number of nitrogens with zero attached hydrogens (tertiary/aromatic N) is 1. The van der Waals surface area contributed by atoms with Crippen molar-refractivity contribution in [2.45, 2.75) is 26.2 Å². The topological polar surface area (TPSA) is 81.5 Å². The number of rotatable bonds is 5. The van der Waals surface area contributed by atoms with Gasteiger partial charge in [0, 0.05) is 17.8 Å². The minimum atomic E-state index is -0.697. The van der Waals surface area contributed by atoms with E-state index in [1.165, 1.54) is 0 Å². The normalized spacial score (nSPS) is 11.0. The van der Waals surface area contributed by atoms with Crippen LogP contribution in [0, 0.1) is 15.9 Å². The molecule has 6 nitrogen and oxygen atoms in total. The molecule has 2 aromatic rings. The lowest BCUT2D eigenvalue weighted by molar-refractivity contribution is -0.385. The predicted molar refractivity (Wildman–Crippen MR) is 92.3 cm³/mol. The van der Waals surface area contributed by atoms with Crippen molar-refractivity contribution in [1.29, 1.82) is 0 Å². The summed E-state index contributed by atoms with van der Waals surface area (Å²) < 4.78 is 18.3. The first-order valence-corrected chi connectivity index (χ1v) is 7.64. The zero-order valence-corrected chi connectivity index (χ0v) is 14.2. The minimum absolute atomic E-state index is 0.00195. The molecule has 1 N–H and O–H groups in total. The molecule has 0 aromatic heterocycles. The van der Waals surface area contributed by atoms with Crippen molar-refractivity contribution in [3.8, 4) is 5.75 Å². The summed E-state index contributed by atoms with van der Waals surface area (Å²) in [6, 6.07) is 10.2. The molecule has 0 spiro atoms. The van der Waals surface area contributed by atoms with Crippen molar-refractivity contribution in [2.24, 2.45) is 0 Å². The Balaban J connectivity index is 2.00. The summed E-state index contributed by atoms with van der Waals surface area (Å²) in [4.78, 5) is 22.1. The number of nitrogens with one attached hydrogen (secondary N) is 1. The molecule has 1 amide bonds. The van der Waals surface area contributed by atoms with Gasteiger partial charge in [0.25, 0.3) is 5.91 Å². The van der Waals surface area contributed by atoms with Gasteiger partial charge in [-0.1, -0.05) is 32.9 Å². The van der Waals surface area contributed by atoms with Crippen LogP contribution in [0.3, 0.4) is 0 Å². The minimum Gasteiger partial charge on any atom is -0.477 e. The predicted octanol–water partition coefficient (Wildman–Crippen LogP) is 4.05. The van der Waals surface area contributed by atoms with Gasteiger partial charge in [-0.15, -0.1) is 0 Å². The Bertz CT molecular complexity index is 783. The number of benzene rings is 2. The molecule has 0 fully saturated rings. The molecule has 2 rings (SSSR count). The summed E-state index contributed by atoms with van der Waals surface area (Å²) >= 11 is 0. The fourth-order valence-corrected chi connectivity index (χ4v) is 2.15. The highest BCUT2D eigenvalue weighted by atomic mass is 19.1. The summed E-state index contributed by atoms with van der Waals surface area (Å²) in [5.41, 5.74) is 1.30. The van der Waals surface area contributed by atoms with E-state index in [0.29, 0.717) is 5.69 Å². The monoisotopic (exact) mass is 346 g/mol. The van der Waals surface area contributed by atoms with Crippen LogP contribution in [0.25, 0.3) is 0 Å². The zero-order chi connectivity index (χ0) is 18.6.